The van der Waals surface area contributed by atoms with Gasteiger partial charge in [0.25, 0.3) is 0 Å². The first-order valence-electron chi connectivity index (χ1n) is 6.37. The lowest BCUT2D eigenvalue weighted by Gasteiger charge is -2.37. The van der Waals surface area contributed by atoms with Gasteiger partial charge in [-0.05, 0) is 13.8 Å². The molecule has 7 heteroatoms. The third-order valence-electron chi connectivity index (χ3n) is 3.04. The van der Waals surface area contributed by atoms with Gasteiger partial charge in [0.15, 0.2) is 5.16 Å². The van der Waals surface area contributed by atoms with Gasteiger partial charge in [-0.25, -0.2) is 0 Å². The summed E-state index contributed by atoms with van der Waals surface area (Å²) in [5, 5.41) is 11.6. The minimum Gasteiger partial charge on any atom is -0.380 e. The second-order valence-electron chi connectivity index (χ2n) is 5.48. The van der Waals surface area contributed by atoms with E-state index in [2.05, 4.69) is 36.3 Å². The van der Waals surface area contributed by atoms with Gasteiger partial charge in [0.2, 0.25) is 5.91 Å². The number of amides is 1. The van der Waals surface area contributed by atoms with E-state index in [0.29, 0.717) is 18.3 Å². The van der Waals surface area contributed by atoms with Crippen molar-refractivity contribution in [1.29, 1.82) is 0 Å². The van der Waals surface area contributed by atoms with E-state index >= 15 is 0 Å². The lowest BCUT2D eigenvalue weighted by Crippen LogP contribution is -2.48. The van der Waals surface area contributed by atoms with Crippen molar-refractivity contribution in [2.24, 2.45) is 5.41 Å². The molecule has 1 N–H and O–H groups in total. The molecule has 0 bridgehead atoms. The van der Waals surface area contributed by atoms with Crippen molar-refractivity contribution in [3.8, 4) is 0 Å². The molecule has 0 radical (unpaired) electrons. The molecular weight excluding hydrogens is 264 g/mol. The number of carbonyl (C=O) groups is 1. The van der Waals surface area contributed by atoms with Crippen LogP contribution < -0.4 is 5.32 Å². The Morgan fingerprint density at radius 3 is 2.95 bits per heavy atom. The molecule has 106 valence electrons. The van der Waals surface area contributed by atoms with E-state index in [0.717, 1.165) is 18.4 Å². The second-order valence-corrected chi connectivity index (χ2v) is 6.43. The Morgan fingerprint density at radius 1 is 1.63 bits per heavy atom. The van der Waals surface area contributed by atoms with Gasteiger partial charge in [-0.3, -0.25) is 4.79 Å². The largest absolute Gasteiger partial charge is 0.380 e. The van der Waals surface area contributed by atoms with E-state index in [1.165, 1.54) is 11.8 Å². The molecule has 1 saturated heterocycles. The summed E-state index contributed by atoms with van der Waals surface area (Å²) in [5.74, 6) is 0.388. The van der Waals surface area contributed by atoms with E-state index < -0.39 is 0 Å². The van der Waals surface area contributed by atoms with E-state index in [4.69, 9.17) is 4.74 Å². The minimum absolute atomic E-state index is 0.0245. The number of hydrogen-bond acceptors (Lipinski definition) is 5. The smallest absolute Gasteiger partial charge is 0.230 e. The number of carbonyl (C=O) groups excluding carboxylic acids is 1. The summed E-state index contributed by atoms with van der Waals surface area (Å²) in [4.78, 5) is 11.8. The highest BCUT2D eigenvalue weighted by Crippen LogP contribution is 2.25. The maximum absolute atomic E-state index is 11.8. The summed E-state index contributed by atoms with van der Waals surface area (Å²) in [7, 11) is 0. The first-order chi connectivity index (χ1) is 9.00. The Bertz CT molecular complexity index is 443. The fourth-order valence-corrected chi connectivity index (χ4v) is 2.61. The van der Waals surface area contributed by atoms with Gasteiger partial charge in [0, 0.05) is 18.0 Å². The molecule has 6 nitrogen and oxygen atoms in total. The van der Waals surface area contributed by atoms with E-state index in [-0.39, 0.29) is 11.3 Å². The zero-order valence-electron chi connectivity index (χ0n) is 11.5. The zero-order chi connectivity index (χ0) is 13.9. The van der Waals surface area contributed by atoms with Crippen LogP contribution in [0.2, 0.25) is 0 Å². The average molecular weight is 284 g/mol. The lowest BCUT2D eigenvalue weighted by atomic mass is 9.89. The number of nitrogens with one attached hydrogen (secondary N) is 1. The summed E-state index contributed by atoms with van der Waals surface area (Å²) >= 11 is 1.41. The van der Waals surface area contributed by atoms with Crippen LogP contribution in [0.3, 0.4) is 0 Å². The maximum Gasteiger partial charge on any atom is 0.230 e. The number of ether oxygens (including phenoxy) is 1. The standard InChI is InChI=1S/C12H20N4O2S/c1-9(2)16-8-14-15-11(16)19-4-10(17)13-5-12(3)6-18-7-12/h8-9H,4-7H2,1-3H3,(H,13,17). The molecule has 0 saturated carbocycles. The number of hydrogen-bond donors (Lipinski definition) is 1. The molecule has 0 aliphatic carbocycles. The second kappa shape index (κ2) is 5.92. The zero-order valence-corrected chi connectivity index (χ0v) is 12.4. The maximum atomic E-state index is 11.8. The Balaban J connectivity index is 1.75. The topological polar surface area (TPSA) is 69.0 Å². The van der Waals surface area contributed by atoms with Gasteiger partial charge in [0.1, 0.15) is 6.33 Å². The van der Waals surface area contributed by atoms with Crippen LogP contribution in [-0.4, -0.2) is 46.2 Å². The molecule has 0 unspecified atom stereocenters. The monoisotopic (exact) mass is 284 g/mol. The number of aromatic nitrogens is 3. The van der Waals surface area contributed by atoms with Crippen molar-refractivity contribution >= 4 is 17.7 Å². The predicted octanol–water partition coefficient (Wildman–Crippen LogP) is 1.10. The number of nitrogens with zero attached hydrogens (tertiary/aromatic N) is 3. The quantitative estimate of drug-likeness (QED) is 0.792. The fraction of sp³-hybridized carbons (Fsp3) is 0.750. The van der Waals surface area contributed by atoms with Gasteiger partial charge in [-0.2, -0.15) is 0 Å². The van der Waals surface area contributed by atoms with Gasteiger partial charge >= 0.3 is 0 Å². The van der Waals surface area contributed by atoms with E-state index in [1.54, 1.807) is 6.33 Å². The molecule has 1 aliphatic rings. The van der Waals surface area contributed by atoms with Gasteiger partial charge < -0.3 is 14.6 Å². The van der Waals surface area contributed by atoms with E-state index in [1.807, 2.05) is 4.57 Å². The Kier molecular flexibility index (Phi) is 4.46. The first kappa shape index (κ1) is 14.3. The molecule has 1 aromatic heterocycles. The molecule has 2 rings (SSSR count). The third-order valence-corrected chi connectivity index (χ3v) is 4.00. The average Bonchev–Trinajstić information content (AvgIpc) is 2.79. The molecule has 1 amide bonds. The summed E-state index contributed by atoms with van der Waals surface area (Å²) in [6.07, 6.45) is 1.69. The Labute approximate surface area is 117 Å². The van der Waals surface area contributed by atoms with Crippen molar-refractivity contribution < 1.29 is 9.53 Å². The normalized spacial score (nSPS) is 17.3. The summed E-state index contributed by atoms with van der Waals surface area (Å²) in [6, 6.07) is 0.298. The van der Waals surface area contributed by atoms with Gasteiger partial charge in [0.05, 0.1) is 19.0 Å². The Hall–Kier alpha value is -1.08. The molecule has 0 spiro atoms. The van der Waals surface area contributed by atoms with Crippen LogP contribution in [0, 0.1) is 5.41 Å². The predicted molar refractivity (Wildman–Crippen MR) is 73.1 cm³/mol. The first-order valence-corrected chi connectivity index (χ1v) is 7.35. The number of rotatable bonds is 6. The SMILES string of the molecule is CC(C)n1cnnc1SCC(=O)NCC1(C)COC1. The van der Waals surface area contributed by atoms with Crippen LogP contribution in [0.5, 0.6) is 0 Å². The summed E-state index contributed by atoms with van der Waals surface area (Å²) in [5.41, 5.74) is 0.109. The van der Waals surface area contributed by atoms with Gasteiger partial charge in [-0.15, -0.1) is 10.2 Å². The molecule has 1 aliphatic heterocycles. The van der Waals surface area contributed by atoms with Crippen molar-refractivity contribution in [2.45, 2.75) is 32.0 Å². The third kappa shape index (κ3) is 3.70. The Morgan fingerprint density at radius 2 is 2.37 bits per heavy atom. The van der Waals surface area contributed by atoms with Crippen LogP contribution in [0.4, 0.5) is 0 Å². The lowest BCUT2D eigenvalue weighted by molar-refractivity contribution is -0.124. The molecule has 0 aromatic carbocycles. The van der Waals surface area contributed by atoms with Crippen molar-refractivity contribution in [3.05, 3.63) is 6.33 Å². The van der Waals surface area contributed by atoms with Crippen molar-refractivity contribution in [3.63, 3.8) is 0 Å². The molecule has 2 heterocycles. The van der Waals surface area contributed by atoms with Crippen LogP contribution >= 0.6 is 11.8 Å². The molecule has 1 fully saturated rings. The minimum atomic E-state index is 0.0245. The van der Waals surface area contributed by atoms with Crippen molar-refractivity contribution in [2.75, 3.05) is 25.5 Å². The molecule has 1 aromatic rings. The van der Waals surface area contributed by atoms with E-state index in [9.17, 15) is 4.79 Å². The molecule has 19 heavy (non-hydrogen) atoms. The molecular formula is C12H20N4O2S. The fourth-order valence-electron chi connectivity index (χ4n) is 1.74. The van der Waals surface area contributed by atoms with Gasteiger partial charge in [-0.1, -0.05) is 18.7 Å². The van der Waals surface area contributed by atoms with Crippen LogP contribution in [0.15, 0.2) is 11.5 Å². The van der Waals surface area contributed by atoms with Crippen LogP contribution in [0.1, 0.15) is 26.8 Å². The van der Waals surface area contributed by atoms with Crippen molar-refractivity contribution in [1.82, 2.24) is 20.1 Å². The highest BCUT2D eigenvalue weighted by atomic mass is 32.2. The van der Waals surface area contributed by atoms with Crippen LogP contribution in [0.25, 0.3) is 0 Å². The summed E-state index contributed by atoms with van der Waals surface area (Å²) in [6.45, 7) is 8.35. The summed E-state index contributed by atoms with van der Waals surface area (Å²) < 4.78 is 7.11. The highest BCUT2D eigenvalue weighted by Gasteiger charge is 2.33. The van der Waals surface area contributed by atoms with Crippen LogP contribution in [-0.2, 0) is 9.53 Å². The molecule has 0 atom stereocenters. The number of thioether (sulfide) groups is 1. The highest BCUT2D eigenvalue weighted by molar-refractivity contribution is 7.99.